The lowest BCUT2D eigenvalue weighted by molar-refractivity contribution is -0.121. The van der Waals surface area contributed by atoms with Gasteiger partial charge in [-0.05, 0) is 29.5 Å². The van der Waals surface area contributed by atoms with Crippen LogP contribution in [0.4, 0.5) is 5.69 Å². The highest BCUT2D eigenvalue weighted by molar-refractivity contribution is 6.30. The molecule has 0 radical (unpaired) electrons. The number of halogens is 1. The number of hydrogen-bond donors (Lipinski definition) is 0. The molecular weight excluding hydrogens is 414 g/mol. The largest absolute Gasteiger partial charge is 0.497 e. The van der Waals surface area contributed by atoms with Crippen LogP contribution in [-0.4, -0.2) is 25.9 Å². The molecule has 4 rings (SSSR count). The molecule has 5 nitrogen and oxygen atoms in total. The highest BCUT2D eigenvalue weighted by atomic mass is 35.5. The van der Waals surface area contributed by atoms with E-state index in [2.05, 4.69) is 13.8 Å². The smallest absolute Gasteiger partial charge is 0.232 e. The Balaban J connectivity index is 1.90. The van der Waals surface area contributed by atoms with Gasteiger partial charge in [-0.1, -0.05) is 37.6 Å². The molecule has 0 saturated carbocycles. The molecule has 1 heterocycles. The summed E-state index contributed by atoms with van der Waals surface area (Å²) in [6.45, 7) is 4.13. The lowest BCUT2D eigenvalue weighted by Gasteiger charge is -2.43. The second-order valence-corrected chi connectivity index (χ2v) is 9.35. The lowest BCUT2D eigenvalue weighted by Crippen LogP contribution is -2.43. The Morgan fingerprint density at radius 3 is 2.16 bits per heavy atom. The molecule has 0 N–H and O–H groups in total. The predicted molar refractivity (Wildman–Crippen MR) is 121 cm³/mol. The quantitative estimate of drug-likeness (QED) is 0.629. The molecule has 2 aliphatic rings. The van der Waals surface area contributed by atoms with E-state index in [1.54, 1.807) is 49.5 Å². The Bertz CT molecular complexity index is 1050. The first kappa shape index (κ1) is 21.4. The van der Waals surface area contributed by atoms with Crippen molar-refractivity contribution >= 4 is 29.0 Å². The van der Waals surface area contributed by atoms with Crippen molar-refractivity contribution in [3.05, 3.63) is 64.3 Å². The molecule has 0 spiro atoms. The van der Waals surface area contributed by atoms with Crippen molar-refractivity contribution in [1.29, 1.82) is 0 Å². The van der Waals surface area contributed by atoms with E-state index in [0.29, 0.717) is 35.1 Å². The van der Waals surface area contributed by atoms with Gasteiger partial charge in [0.2, 0.25) is 5.91 Å². The molecule has 6 heteroatoms. The molecule has 1 aliphatic carbocycles. The van der Waals surface area contributed by atoms with Crippen molar-refractivity contribution in [1.82, 2.24) is 0 Å². The summed E-state index contributed by atoms with van der Waals surface area (Å²) < 4.78 is 10.8. The van der Waals surface area contributed by atoms with E-state index in [1.165, 1.54) is 0 Å². The van der Waals surface area contributed by atoms with Gasteiger partial charge in [0.25, 0.3) is 0 Å². The third kappa shape index (κ3) is 4.07. The van der Waals surface area contributed by atoms with Crippen LogP contribution in [0.1, 0.15) is 44.6 Å². The second kappa shape index (κ2) is 8.04. The van der Waals surface area contributed by atoms with Crippen LogP contribution in [0.2, 0.25) is 5.02 Å². The van der Waals surface area contributed by atoms with E-state index in [1.807, 2.05) is 12.1 Å². The number of carbonyl (C=O) groups excluding carboxylic acids is 2. The zero-order valence-corrected chi connectivity index (χ0v) is 19.0. The number of carbonyl (C=O) groups is 2. The van der Waals surface area contributed by atoms with Gasteiger partial charge in [-0.2, -0.15) is 0 Å². The third-order valence-corrected chi connectivity index (χ3v) is 6.26. The van der Waals surface area contributed by atoms with Crippen LogP contribution in [0.5, 0.6) is 11.5 Å². The highest BCUT2D eigenvalue weighted by Gasteiger charge is 2.44. The van der Waals surface area contributed by atoms with Crippen LogP contribution in [0, 0.1) is 5.41 Å². The zero-order chi connectivity index (χ0) is 22.3. The predicted octanol–water partition coefficient (Wildman–Crippen LogP) is 5.52. The summed E-state index contributed by atoms with van der Waals surface area (Å²) >= 11 is 6.07. The van der Waals surface area contributed by atoms with Gasteiger partial charge in [0, 0.05) is 53.3 Å². The Hall–Kier alpha value is -2.79. The molecule has 0 aromatic heterocycles. The Morgan fingerprint density at radius 2 is 1.58 bits per heavy atom. The fourth-order valence-corrected chi connectivity index (χ4v) is 4.74. The van der Waals surface area contributed by atoms with E-state index in [-0.39, 0.29) is 29.4 Å². The van der Waals surface area contributed by atoms with Crippen molar-refractivity contribution in [2.75, 3.05) is 19.1 Å². The van der Waals surface area contributed by atoms with E-state index in [9.17, 15) is 9.59 Å². The van der Waals surface area contributed by atoms with E-state index >= 15 is 0 Å². The van der Waals surface area contributed by atoms with Crippen LogP contribution < -0.4 is 14.4 Å². The SMILES string of the molecule is COc1cc(OC)cc(N2C(=O)CC(c3ccc(Cl)cc3)C3=C2CC(C)(C)CC3=O)c1. The molecule has 2 aromatic carbocycles. The normalized spacial score (nSPS) is 20.5. The number of allylic oxidation sites excluding steroid dienone is 2. The summed E-state index contributed by atoms with van der Waals surface area (Å²) in [5.41, 5.74) is 2.84. The van der Waals surface area contributed by atoms with Gasteiger partial charge in [0.1, 0.15) is 11.5 Å². The molecule has 1 amide bonds. The Kier molecular flexibility index (Phi) is 5.56. The maximum Gasteiger partial charge on any atom is 0.232 e. The van der Waals surface area contributed by atoms with E-state index in [4.69, 9.17) is 21.1 Å². The van der Waals surface area contributed by atoms with Gasteiger partial charge in [0.05, 0.1) is 19.9 Å². The molecule has 1 aliphatic heterocycles. The number of rotatable bonds is 4. The number of hydrogen-bond acceptors (Lipinski definition) is 4. The van der Waals surface area contributed by atoms with Crippen LogP contribution in [0.3, 0.4) is 0 Å². The van der Waals surface area contributed by atoms with Crippen LogP contribution in [0.25, 0.3) is 0 Å². The van der Waals surface area contributed by atoms with Crippen molar-refractivity contribution in [2.24, 2.45) is 5.41 Å². The minimum absolute atomic E-state index is 0.0560. The molecule has 1 atom stereocenters. The first-order valence-electron chi connectivity index (χ1n) is 10.3. The average Bonchev–Trinajstić information content (AvgIpc) is 2.72. The van der Waals surface area contributed by atoms with Gasteiger partial charge in [-0.3, -0.25) is 14.5 Å². The van der Waals surface area contributed by atoms with Gasteiger partial charge in [-0.15, -0.1) is 0 Å². The molecule has 31 heavy (non-hydrogen) atoms. The maximum atomic E-state index is 13.5. The molecule has 2 aromatic rings. The summed E-state index contributed by atoms with van der Waals surface area (Å²) in [4.78, 5) is 28.5. The number of benzene rings is 2. The summed E-state index contributed by atoms with van der Waals surface area (Å²) in [5.74, 6) is 0.946. The van der Waals surface area contributed by atoms with Gasteiger partial charge in [0.15, 0.2) is 5.78 Å². The van der Waals surface area contributed by atoms with Crippen LogP contribution in [-0.2, 0) is 9.59 Å². The molecule has 0 fully saturated rings. The monoisotopic (exact) mass is 439 g/mol. The van der Waals surface area contributed by atoms with Crippen molar-refractivity contribution in [2.45, 2.75) is 39.0 Å². The fourth-order valence-electron chi connectivity index (χ4n) is 4.62. The minimum atomic E-state index is -0.271. The molecular formula is C25H26ClNO4. The highest BCUT2D eigenvalue weighted by Crippen LogP contribution is 2.48. The summed E-state index contributed by atoms with van der Waals surface area (Å²) in [5, 5.41) is 0.626. The summed E-state index contributed by atoms with van der Waals surface area (Å²) in [6.07, 6.45) is 1.30. The number of nitrogens with zero attached hydrogens (tertiary/aromatic N) is 1. The van der Waals surface area contributed by atoms with Crippen LogP contribution in [0.15, 0.2) is 53.7 Å². The number of methoxy groups -OCH3 is 2. The lowest BCUT2D eigenvalue weighted by atomic mass is 9.69. The molecule has 1 unspecified atom stereocenters. The maximum absolute atomic E-state index is 13.5. The van der Waals surface area contributed by atoms with E-state index < -0.39 is 0 Å². The second-order valence-electron chi connectivity index (χ2n) is 8.91. The van der Waals surface area contributed by atoms with Gasteiger partial charge >= 0.3 is 0 Å². The van der Waals surface area contributed by atoms with Crippen LogP contribution >= 0.6 is 11.6 Å². The van der Waals surface area contributed by atoms with Crippen molar-refractivity contribution in [3.63, 3.8) is 0 Å². The summed E-state index contributed by atoms with van der Waals surface area (Å²) in [6, 6.07) is 12.8. The minimum Gasteiger partial charge on any atom is -0.497 e. The molecule has 162 valence electrons. The van der Waals surface area contributed by atoms with Gasteiger partial charge in [-0.25, -0.2) is 0 Å². The first-order valence-corrected chi connectivity index (χ1v) is 10.7. The van der Waals surface area contributed by atoms with Crippen molar-refractivity contribution < 1.29 is 19.1 Å². The number of Topliss-reactive ketones (excluding diaryl/α,β-unsaturated/α-hetero) is 1. The van der Waals surface area contributed by atoms with Crippen molar-refractivity contribution in [3.8, 4) is 11.5 Å². The molecule has 0 saturated heterocycles. The van der Waals surface area contributed by atoms with Gasteiger partial charge < -0.3 is 9.47 Å². The Labute approximate surface area is 187 Å². The third-order valence-electron chi connectivity index (χ3n) is 6.01. The summed E-state index contributed by atoms with van der Waals surface area (Å²) in [7, 11) is 3.15. The average molecular weight is 440 g/mol. The zero-order valence-electron chi connectivity index (χ0n) is 18.2. The standard InChI is InChI=1S/C25H26ClNO4/c1-25(2)13-21-24(22(28)14-25)20(15-5-7-16(26)8-6-15)12-23(29)27(21)17-9-18(30-3)11-19(10-17)31-4/h5-11,20H,12-14H2,1-4H3. The topological polar surface area (TPSA) is 55.8 Å². The fraction of sp³-hybridized carbons (Fsp3) is 0.360. The Morgan fingerprint density at radius 1 is 0.968 bits per heavy atom. The molecule has 0 bridgehead atoms. The number of ether oxygens (including phenoxy) is 2. The number of anilines is 1. The first-order chi connectivity index (χ1) is 14.7. The number of ketones is 1. The van der Waals surface area contributed by atoms with E-state index in [0.717, 1.165) is 16.8 Å². The number of amides is 1.